The third-order valence-corrected chi connectivity index (χ3v) is 7.91. The molecular weight excluding hydrogens is 523 g/mol. The van der Waals surface area contributed by atoms with E-state index in [-0.39, 0.29) is 5.91 Å². The van der Waals surface area contributed by atoms with Gasteiger partial charge >= 0.3 is 0 Å². The van der Waals surface area contributed by atoms with E-state index in [1.807, 2.05) is 18.2 Å². The molecule has 0 saturated carbocycles. The molecule has 1 aromatic rings. The SMILES string of the molecule is CSC1O[C@H]([C@H](NC(=O)C2CC=C(/C=C/CCc3cccc(Cl)c3)CCN2)[C@H](C)Cl)[C@@H](O)C(O)[C@H]1O. The number of ether oxygens (including phenoxy) is 1. The fourth-order valence-electron chi connectivity index (χ4n) is 4.46. The topological polar surface area (TPSA) is 111 Å². The van der Waals surface area contributed by atoms with Crippen LogP contribution in [0.3, 0.4) is 0 Å². The first-order valence-electron chi connectivity index (χ1n) is 12.2. The number of allylic oxidation sites excluding steroid dienone is 2. The van der Waals surface area contributed by atoms with E-state index in [0.29, 0.717) is 13.0 Å². The van der Waals surface area contributed by atoms with Crippen molar-refractivity contribution >= 4 is 40.9 Å². The largest absolute Gasteiger partial charge is 0.388 e. The second-order valence-corrected chi connectivity index (χ2v) is 11.3. The van der Waals surface area contributed by atoms with Crippen LogP contribution in [0.15, 0.2) is 48.1 Å². The van der Waals surface area contributed by atoms with Crippen LogP contribution in [0.2, 0.25) is 5.02 Å². The number of aryl methyl sites for hydroxylation is 1. The lowest BCUT2D eigenvalue weighted by Gasteiger charge is -2.44. The Morgan fingerprint density at radius 3 is 2.78 bits per heavy atom. The quantitative estimate of drug-likeness (QED) is 0.296. The zero-order valence-electron chi connectivity index (χ0n) is 20.5. The third-order valence-electron chi connectivity index (χ3n) is 6.55. The molecule has 1 amide bonds. The molecule has 5 N–H and O–H groups in total. The van der Waals surface area contributed by atoms with Crippen molar-refractivity contribution in [3.05, 3.63) is 58.7 Å². The average molecular weight is 560 g/mol. The monoisotopic (exact) mass is 558 g/mol. The van der Waals surface area contributed by atoms with Gasteiger partial charge in [-0.2, -0.15) is 0 Å². The van der Waals surface area contributed by atoms with E-state index in [0.717, 1.165) is 29.9 Å². The molecule has 1 fully saturated rings. The zero-order valence-corrected chi connectivity index (χ0v) is 22.8. The van der Waals surface area contributed by atoms with Crippen LogP contribution in [0.5, 0.6) is 0 Å². The zero-order chi connectivity index (χ0) is 26.2. The van der Waals surface area contributed by atoms with Gasteiger partial charge in [-0.05, 0) is 63.1 Å². The van der Waals surface area contributed by atoms with Gasteiger partial charge in [0.1, 0.15) is 29.9 Å². The number of benzene rings is 1. The summed E-state index contributed by atoms with van der Waals surface area (Å²) >= 11 is 13.6. The lowest BCUT2D eigenvalue weighted by molar-refractivity contribution is -0.205. The number of thioether (sulfide) groups is 1. The molecule has 36 heavy (non-hydrogen) atoms. The highest BCUT2D eigenvalue weighted by Gasteiger charge is 2.48. The van der Waals surface area contributed by atoms with Crippen LogP contribution < -0.4 is 10.6 Å². The van der Waals surface area contributed by atoms with Crippen molar-refractivity contribution in [2.75, 3.05) is 12.8 Å². The minimum Gasteiger partial charge on any atom is -0.388 e. The molecule has 0 aliphatic carbocycles. The van der Waals surface area contributed by atoms with Crippen molar-refractivity contribution in [1.29, 1.82) is 0 Å². The number of hydrogen-bond acceptors (Lipinski definition) is 7. The Hall–Kier alpha value is -1.10. The molecule has 0 spiro atoms. The van der Waals surface area contributed by atoms with Crippen molar-refractivity contribution in [3.63, 3.8) is 0 Å². The third kappa shape index (κ3) is 7.95. The molecule has 0 bridgehead atoms. The van der Waals surface area contributed by atoms with E-state index in [9.17, 15) is 20.1 Å². The van der Waals surface area contributed by atoms with Crippen molar-refractivity contribution in [2.24, 2.45) is 0 Å². The summed E-state index contributed by atoms with van der Waals surface area (Å²) in [6.07, 6.45) is 6.17. The summed E-state index contributed by atoms with van der Waals surface area (Å²) in [5.74, 6) is -0.257. The van der Waals surface area contributed by atoms with Crippen LogP contribution >= 0.6 is 35.0 Å². The van der Waals surface area contributed by atoms with Crippen LogP contribution in [0, 0.1) is 0 Å². The number of nitrogens with one attached hydrogen (secondary N) is 2. The lowest BCUT2D eigenvalue weighted by atomic mass is 9.93. The minimum absolute atomic E-state index is 0.257. The fraction of sp³-hybridized carbons (Fsp3) is 0.577. The van der Waals surface area contributed by atoms with Crippen molar-refractivity contribution < 1.29 is 24.9 Å². The number of aliphatic hydroxyl groups excluding tert-OH is 3. The van der Waals surface area contributed by atoms with Crippen LogP contribution in [0.4, 0.5) is 0 Å². The number of carbonyl (C=O) groups excluding carboxylic acids is 1. The Labute approximate surface area is 227 Å². The molecule has 200 valence electrons. The molecule has 3 rings (SSSR count). The predicted octanol–water partition coefficient (Wildman–Crippen LogP) is 2.79. The van der Waals surface area contributed by atoms with Crippen LogP contribution in [-0.2, 0) is 16.0 Å². The molecule has 1 saturated heterocycles. The van der Waals surface area contributed by atoms with E-state index in [1.165, 1.54) is 17.3 Å². The molecule has 2 heterocycles. The Morgan fingerprint density at radius 2 is 2.08 bits per heavy atom. The predicted molar refractivity (Wildman–Crippen MR) is 145 cm³/mol. The van der Waals surface area contributed by atoms with Gasteiger partial charge in [0.2, 0.25) is 5.91 Å². The summed E-state index contributed by atoms with van der Waals surface area (Å²) in [6, 6.07) is 6.64. The first kappa shape index (κ1) is 29.5. The second kappa shape index (κ2) is 14.2. The Bertz CT molecular complexity index is 929. The van der Waals surface area contributed by atoms with Crippen molar-refractivity contribution in [1.82, 2.24) is 10.6 Å². The van der Waals surface area contributed by atoms with Gasteiger partial charge < -0.3 is 30.7 Å². The smallest absolute Gasteiger partial charge is 0.237 e. The van der Waals surface area contributed by atoms with Crippen LogP contribution in [0.25, 0.3) is 0 Å². The standard InChI is InChI=1S/C26H36Cl2N2O5S/c1-15(27)20(24-22(32)21(31)23(33)26(35-24)36-2)30-25(34)19-11-10-16(12-13-29-19)6-3-4-7-17-8-5-9-18(28)14-17/h3,5-6,8-10,14-15,19-24,26,29,31-33H,4,7,11-13H2,1-2H3,(H,30,34)/b6-3+/t15-,19?,20+,21?,22-,23+,24+,26?/m0/s1. The van der Waals surface area contributed by atoms with Gasteiger partial charge in [0.15, 0.2) is 0 Å². The van der Waals surface area contributed by atoms with Gasteiger partial charge in [-0.15, -0.1) is 23.4 Å². The Morgan fingerprint density at radius 1 is 1.31 bits per heavy atom. The lowest BCUT2D eigenvalue weighted by Crippen LogP contribution is -2.65. The number of halogens is 2. The number of amides is 1. The molecule has 1 aromatic carbocycles. The van der Waals surface area contributed by atoms with Gasteiger partial charge in [-0.3, -0.25) is 4.79 Å². The molecule has 0 radical (unpaired) electrons. The molecule has 2 aliphatic heterocycles. The maximum Gasteiger partial charge on any atom is 0.237 e. The number of rotatable bonds is 9. The number of alkyl halides is 1. The van der Waals surface area contributed by atoms with E-state index in [1.54, 1.807) is 13.2 Å². The Balaban J connectivity index is 1.57. The van der Waals surface area contributed by atoms with Crippen molar-refractivity contribution in [2.45, 2.75) is 79.9 Å². The highest BCUT2D eigenvalue weighted by molar-refractivity contribution is 7.99. The summed E-state index contributed by atoms with van der Waals surface area (Å²) in [7, 11) is 0. The van der Waals surface area contributed by atoms with E-state index < -0.39 is 47.3 Å². The highest BCUT2D eigenvalue weighted by Crippen LogP contribution is 2.30. The fourth-order valence-corrected chi connectivity index (χ4v) is 5.56. The molecule has 10 heteroatoms. The van der Waals surface area contributed by atoms with Crippen LogP contribution in [0.1, 0.15) is 31.7 Å². The molecule has 7 nitrogen and oxygen atoms in total. The summed E-state index contributed by atoms with van der Waals surface area (Å²) in [4.78, 5) is 13.1. The van der Waals surface area contributed by atoms with Gasteiger partial charge in [-0.1, -0.05) is 47.5 Å². The summed E-state index contributed by atoms with van der Waals surface area (Å²) in [6.45, 7) is 2.34. The normalized spacial score (nSPS) is 30.9. The molecule has 0 aromatic heterocycles. The van der Waals surface area contributed by atoms with E-state index >= 15 is 0 Å². The maximum atomic E-state index is 13.1. The first-order valence-corrected chi connectivity index (χ1v) is 14.3. The van der Waals surface area contributed by atoms with Gasteiger partial charge in [0, 0.05) is 5.02 Å². The highest BCUT2D eigenvalue weighted by atomic mass is 35.5. The maximum absolute atomic E-state index is 13.1. The summed E-state index contributed by atoms with van der Waals surface area (Å²) in [5.41, 5.74) is 1.62. The van der Waals surface area contributed by atoms with Gasteiger partial charge in [0.05, 0.1) is 17.5 Å². The molecule has 8 atom stereocenters. The Kier molecular flexibility index (Phi) is 11.6. The summed E-state index contributed by atoms with van der Waals surface area (Å²) in [5, 5.41) is 37.3. The molecule has 2 aliphatic rings. The molecular formula is C26H36Cl2N2O5S. The number of carbonyl (C=O) groups is 1. The number of hydrogen-bond donors (Lipinski definition) is 5. The second-order valence-electron chi connectivity index (χ2n) is 9.23. The van der Waals surface area contributed by atoms with E-state index in [4.69, 9.17) is 27.9 Å². The average Bonchev–Trinajstić information content (AvgIpc) is 3.10. The van der Waals surface area contributed by atoms with Crippen LogP contribution in [-0.4, -0.2) is 81.3 Å². The van der Waals surface area contributed by atoms with Gasteiger partial charge in [-0.25, -0.2) is 0 Å². The van der Waals surface area contributed by atoms with Gasteiger partial charge in [0.25, 0.3) is 0 Å². The molecule has 3 unspecified atom stereocenters. The first-order chi connectivity index (χ1) is 17.2. The minimum atomic E-state index is -1.40. The number of aliphatic hydroxyl groups is 3. The van der Waals surface area contributed by atoms with Crippen molar-refractivity contribution in [3.8, 4) is 0 Å². The summed E-state index contributed by atoms with van der Waals surface area (Å²) < 4.78 is 5.83. The van der Waals surface area contributed by atoms with E-state index in [2.05, 4.69) is 34.9 Å².